The number of aryl methyl sites for hydroxylation is 1. The molecule has 0 amide bonds. The van der Waals surface area contributed by atoms with Gasteiger partial charge in [-0.1, -0.05) is 0 Å². The lowest BCUT2D eigenvalue weighted by Gasteiger charge is -2.27. The Morgan fingerprint density at radius 1 is 1.38 bits per heavy atom. The van der Waals surface area contributed by atoms with E-state index in [0.29, 0.717) is 5.69 Å². The van der Waals surface area contributed by atoms with Crippen LogP contribution in [0.2, 0.25) is 0 Å². The molecule has 0 aliphatic carbocycles. The van der Waals surface area contributed by atoms with Crippen LogP contribution in [0.25, 0.3) is 0 Å². The van der Waals surface area contributed by atoms with Crippen molar-refractivity contribution in [2.45, 2.75) is 25.6 Å². The van der Waals surface area contributed by atoms with E-state index in [1.54, 1.807) is 22.2 Å². The van der Waals surface area contributed by atoms with Gasteiger partial charge in [0.05, 0.1) is 34.8 Å². The van der Waals surface area contributed by atoms with Gasteiger partial charge in [0.15, 0.2) is 0 Å². The van der Waals surface area contributed by atoms with Gasteiger partial charge in [0.25, 0.3) is 0 Å². The minimum absolute atomic E-state index is 0.690. The second-order valence-corrected chi connectivity index (χ2v) is 6.79. The maximum Gasteiger partial charge on any atom is 0.139 e. The lowest BCUT2D eigenvalue weighted by atomic mass is 10.1. The number of aliphatic hydroxyl groups is 1. The van der Waals surface area contributed by atoms with Gasteiger partial charge in [0.1, 0.15) is 6.10 Å². The van der Waals surface area contributed by atoms with Crippen molar-refractivity contribution in [3.8, 4) is 0 Å². The first-order chi connectivity index (χ1) is 11.7. The maximum absolute atomic E-state index is 10.5. The van der Waals surface area contributed by atoms with Crippen molar-refractivity contribution in [1.29, 1.82) is 0 Å². The zero-order valence-corrected chi connectivity index (χ0v) is 14.4. The summed E-state index contributed by atoms with van der Waals surface area (Å²) in [7, 11) is 1.83. The number of hydrogen-bond acceptors (Lipinski definition) is 6. The molecule has 4 heterocycles. The Morgan fingerprint density at radius 2 is 2.29 bits per heavy atom. The zero-order valence-electron chi connectivity index (χ0n) is 13.5. The molecule has 7 nitrogen and oxygen atoms in total. The lowest BCUT2D eigenvalue weighted by Crippen LogP contribution is -2.35. The van der Waals surface area contributed by atoms with E-state index < -0.39 is 6.10 Å². The van der Waals surface area contributed by atoms with Crippen LogP contribution in [0.3, 0.4) is 0 Å². The SMILES string of the molecule is Cn1nccc1C(O)c1cc2n(n1)CCN(CCc1cscn1)C2. The molecule has 1 aliphatic heterocycles. The number of aromatic nitrogens is 5. The van der Waals surface area contributed by atoms with Crippen LogP contribution in [0.4, 0.5) is 0 Å². The Labute approximate surface area is 144 Å². The Hall–Kier alpha value is -2.03. The second-order valence-electron chi connectivity index (χ2n) is 6.07. The lowest BCUT2D eigenvalue weighted by molar-refractivity contribution is 0.199. The molecule has 3 aromatic heterocycles. The van der Waals surface area contributed by atoms with Crippen LogP contribution in [-0.2, 0) is 26.6 Å². The van der Waals surface area contributed by atoms with E-state index >= 15 is 0 Å². The van der Waals surface area contributed by atoms with Crippen LogP contribution in [0, 0.1) is 0 Å². The van der Waals surface area contributed by atoms with Crippen LogP contribution < -0.4 is 0 Å². The van der Waals surface area contributed by atoms with E-state index in [-0.39, 0.29) is 0 Å². The number of rotatable bonds is 5. The summed E-state index contributed by atoms with van der Waals surface area (Å²) < 4.78 is 3.69. The molecular formula is C16H20N6OS. The van der Waals surface area contributed by atoms with Crippen molar-refractivity contribution in [1.82, 2.24) is 29.4 Å². The van der Waals surface area contributed by atoms with Gasteiger partial charge in [-0.05, 0) is 12.1 Å². The Morgan fingerprint density at radius 3 is 3.04 bits per heavy atom. The summed E-state index contributed by atoms with van der Waals surface area (Å²) in [6.07, 6.45) is 1.93. The Balaban J connectivity index is 1.45. The van der Waals surface area contributed by atoms with Crippen LogP contribution >= 0.6 is 11.3 Å². The Bertz CT molecular complexity index is 809. The molecule has 1 atom stereocenters. The van der Waals surface area contributed by atoms with Gasteiger partial charge >= 0.3 is 0 Å². The van der Waals surface area contributed by atoms with Crippen LogP contribution in [-0.4, -0.2) is 47.6 Å². The Kier molecular flexibility index (Phi) is 4.17. The number of hydrogen-bond donors (Lipinski definition) is 1. The third-order valence-electron chi connectivity index (χ3n) is 4.48. The van der Waals surface area contributed by atoms with E-state index in [0.717, 1.165) is 49.7 Å². The standard InChI is InChI=1S/C16H20N6OS/c1-20-15(2-4-18-20)16(23)14-8-13-9-21(6-7-22(13)19-14)5-3-12-10-24-11-17-12/h2,4,8,10-11,16,23H,3,5-7,9H2,1H3. The van der Waals surface area contributed by atoms with Crippen molar-refractivity contribution in [3.63, 3.8) is 0 Å². The molecule has 1 unspecified atom stereocenters. The summed E-state index contributed by atoms with van der Waals surface area (Å²) >= 11 is 1.64. The molecule has 1 aliphatic rings. The summed E-state index contributed by atoms with van der Waals surface area (Å²) in [5.41, 5.74) is 5.63. The molecule has 0 radical (unpaired) electrons. The minimum atomic E-state index is -0.737. The summed E-state index contributed by atoms with van der Waals surface area (Å²) in [4.78, 5) is 6.76. The van der Waals surface area contributed by atoms with Gasteiger partial charge in [-0.25, -0.2) is 4.98 Å². The van der Waals surface area contributed by atoms with Crippen LogP contribution in [0.1, 0.15) is 28.9 Å². The van der Waals surface area contributed by atoms with Crippen molar-refractivity contribution in [3.05, 3.63) is 52.0 Å². The third-order valence-corrected chi connectivity index (χ3v) is 5.12. The highest BCUT2D eigenvalue weighted by molar-refractivity contribution is 7.07. The summed E-state index contributed by atoms with van der Waals surface area (Å²) in [5.74, 6) is 0. The molecule has 0 aromatic carbocycles. The van der Waals surface area contributed by atoms with Gasteiger partial charge < -0.3 is 5.11 Å². The van der Waals surface area contributed by atoms with Crippen molar-refractivity contribution >= 4 is 11.3 Å². The molecule has 0 fully saturated rings. The topological polar surface area (TPSA) is 72.0 Å². The van der Waals surface area contributed by atoms with Crippen molar-refractivity contribution in [2.24, 2.45) is 7.05 Å². The van der Waals surface area contributed by atoms with Gasteiger partial charge in [0, 0.05) is 44.7 Å². The van der Waals surface area contributed by atoms with Crippen LogP contribution in [0.15, 0.2) is 29.2 Å². The normalized spacial score (nSPS) is 16.2. The molecule has 4 rings (SSSR count). The van der Waals surface area contributed by atoms with Gasteiger partial charge in [-0.15, -0.1) is 11.3 Å². The molecular weight excluding hydrogens is 324 g/mol. The monoisotopic (exact) mass is 344 g/mol. The molecule has 3 aromatic rings. The number of thiazole rings is 1. The van der Waals surface area contributed by atoms with Gasteiger partial charge in [-0.3, -0.25) is 14.3 Å². The smallest absolute Gasteiger partial charge is 0.139 e. The fraction of sp³-hybridized carbons (Fsp3) is 0.438. The number of fused-ring (bicyclic) bond motifs is 1. The summed E-state index contributed by atoms with van der Waals surface area (Å²) in [6.45, 7) is 3.67. The van der Waals surface area contributed by atoms with E-state index in [2.05, 4.69) is 25.5 Å². The highest BCUT2D eigenvalue weighted by Crippen LogP contribution is 2.23. The van der Waals surface area contributed by atoms with E-state index in [1.807, 2.05) is 29.4 Å². The molecule has 0 saturated carbocycles. The van der Waals surface area contributed by atoms with Gasteiger partial charge in [-0.2, -0.15) is 10.2 Å². The van der Waals surface area contributed by atoms with Crippen molar-refractivity contribution in [2.75, 3.05) is 13.1 Å². The second kappa shape index (κ2) is 6.46. The first kappa shape index (κ1) is 15.5. The molecule has 8 heteroatoms. The average molecular weight is 344 g/mol. The fourth-order valence-electron chi connectivity index (χ4n) is 3.10. The predicted molar refractivity (Wildman–Crippen MR) is 90.6 cm³/mol. The molecule has 0 spiro atoms. The average Bonchev–Trinajstić information content (AvgIpc) is 3.32. The third kappa shape index (κ3) is 3.00. The first-order valence-electron chi connectivity index (χ1n) is 8.03. The number of aliphatic hydroxyl groups excluding tert-OH is 1. The first-order valence-corrected chi connectivity index (χ1v) is 8.97. The highest BCUT2D eigenvalue weighted by Gasteiger charge is 2.23. The fourth-order valence-corrected chi connectivity index (χ4v) is 3.70. The largest absolute Gasteiger partial charge is 0.380 e. The number of nitrogens with zero attached hydrogens (tertiary/aromatic N) is 6. The highest BCUT2D eigenvalue weighted by atomic mass is 32.1. The van der Waals surface area contributed by atoms with Crippen molar-refractivity contribution < 1.29 is 5.11 Å². The summed E-state index contributed by atoms with van der Waals surface area (Å²) in [6, 6.07) is 3.83. The molecule has 24 heavy (non-hydrogen) atoms. The van der Waals surface area contributed by atoms with Crippen LogP contribution in [0.5, 0.6) is 0 Å². The molecule has 0 saturated heterocycles. The minimum Gasteiger partial charge on any atom is -0.380 e. The predicted octanol–water partition coefficient (Wildman–Crippen LogP) is 1.21. The van der Waals surface area contributed by atoms with Gasteiger partial charge in [0.2, 0.25) is 0 Å². The molecule has 126 valence electrons. The molecule has 0 bridgehead atoms. The summed E-state index contributed by atoms with van der Waals surface area (Å²) in [5, 5.41) is 21.4. The zero-order chi connectivity index (χ0) is 16.5. The molecule has 1 N–H and O–H groups in total. The van der Waals surface area contributed by atoms with E-state index in [4.69, 9.17) is 0 Å². The van der Waals surface area contributed by atoms with E-state index in [9.17, 15) is 5.11 Å². The quantitative estimate of drug-likeness (QED) is 0.753. The van der Waals surface area contributed by atoms with E-state index in [1.165, 1.54) is 0 Å². The maximum atomic E-state index is 10.5.